The van der Waals surface area contributed by atoms with E-state index in [1.165, 1.54) is 25.7 Å². The molecule has 0 aliphatic heterocycles. The van der Waals surface area contributed by atoms with Crippen LogP contribution in [0.1, 0.15) is 36.8 Å². The molecular formula is C19H23N3O. The van der Waals surface area contributed by atoms with Crippen molar-refractivity contribution >= 4 is 17.4 Å². The highest BCUT2D eigenvalue weighted by atomic mass is 16.1. The van der Waals surface area contributed by atoms with Gasteiger partial charge in [-0.15, -0.1) is 0 Å². The molecule has 1 aliphatic rings. The highest BCUT2D eigenvalue weighted by Gasteiger charge is 2.14. The summed E-state index contributed by atoms with van der Waals surface area (Å²) in [5, 5.41) is 6.35. The van der Waals surface area contributed by atoms with Crippen LogP contribution >= 0.6 is 0 Å². The number of carbonyl (C=O) groups is 1. The van der Waals surface area contributed by atoms with Crippen molar-refractivity contribution in [2.45, 2.75) is 45.1 Å². The van der Waals surface area contributed by atoms with Crippen molar-refractivity contribution in [2.75, 3.05) is 10.6 Å². The Morgan fingerprint density at radius 1 is 1.22 bits per heavy atom. The largest absolute Gasteiger partial charge is 0.381 e. The number of pyridine rings is 1. The number of aromatic nitrogens is 1. The zero-order valence-corrected chi connectivity index (χ0v) is 13.5. The molecule has 0 spiro atoms. The Labute approximate surface area is 137 Å². The molecule has 4 heteroatoms. The van der Waals surface area contributed by atoms with Crippen molar-refractivity contribution in [1.82, 2.24) is 4.98 Å². The van der Waals surface area contributed by atoms with Crippen molar-refractivity contribution in [3.63, 3.8) is 0 Å². The van der Waals surface area contributed by atoms with Gasteiger partial charge in [-0.25, -0.2) is 4.98 Å². The third kappa shape index (κ3) is 4.55. The summed E-state index contributed by atoms with van der Waals surface area (Å²) in [5.41, 5.74) is 3.20. The molecule has 3 rings (SSSR count). The zero-order chi connectivity index (χ0) is 16.1. The van der Waals surface area contributed by atoms with Crippen molar-refractivity contribution in [1.29, 1.82) is 0 Å². The third-order valence-corrected chi connectivity index (χ3v) is 4.20. The van der Waals surface area contributed by atoms with Crippen molar-refractivity contribution in [3.8, 4) is 0 Å². The molecule has 1 amide bonds. The van der Waals surface area contributed by atoms with Gasteiger partial charge in [0.2, 0.25) is 5.91 Å². The number of nitrogens with zero attached hydrogens (tertiary/aromatic N) is 1. The molecule has 0 unspecified atom stereocenters. The molecular weight excluding hydrogens is 286 g/mol. The van der Waals surface area contributed by atoms with Gasteiger partial charge in [0.15, 0.2) is 0 Å². The van der Waals surface area contributed by atoms with Crippen LogP contribution < -0.4 is 10.6 Å². The molecule has 4 nitrogen and oxygen atoms in total. The minimum absolute atomic E-state index is 0.0420. The molecule has 0 radical (unpaired) electrons. The molecule has 1 heterocycles. The van der Waals surface area contributed by atoms with E-state index in [0.717, 1.165) is 16.8 Å². The summed E-state index contributed by atoms with van der Waals surface area (Å²) in [6.45, 7) is 2.03. The van der Waals surface area contributed by atoms with Crippen LogP contribution in [0.2, 0.25) is 0 Å². The predicted molar refractivity (Wildman–Crippen MR) is 93.6 cm³/mol. The summed E-state index contributed by atoms with van der Waals surface area (Å²) in [4.78, 5) is 16.4. The first kappa shape index (κ1) is 15.5. The van der Waals surface area contributed by atoms with Crippen molar-refractivity contribution in [2.24, 2.45) is 0 Å². The molecule has 0 bridgehead atoms. The summed E-state index contributed by atoms with van der Waals surface area (Å²) in [6, 6.07) is 12.4. The second-order valence-electron chi connectivity index (χ2n) is 6.27. The molecule has 2 N–H and O–H groups in total. The lowest BCUT2D eigenvalue weighted by atomic mass is 10.1. The Kier molecular flexibility index (Phi) is 4.91. The molecule has 1 saturated carbocycles. The summed E-state index contributed by atoms with van der Waals surface area (Å²) in [7, 11) is 0. The second kappa shape index (κ2) is 7.27. The monoisotopic (exact) mass is 309 g/mol. The molecule has 23 heavy (non-hydrogen) atoms. The van der Waals surface area contributed by atoms with E-state index in [4.69, 9.17) is 0 Å². The minimum Gasteiger partial charge on any atom is -0.381 e. The van der Waals surface area contributed by atoms with E-state index in [0.29, 0.717) is 18.3 Å². The quantitative estimate of drug-likeness (QED) is 0.880. The lowest BCUT2D eigenvalue weighted by molar-refractivity contribution is -0.115. The maximum absolute atomic E-state index is 12.1. The Bertz CT molecular complexity index is 661. The minimum atomic E-state index is -0.0420. The van der Waals surface area contributed by atoms with E-state index in [9.17, 15) is 4.79 Å². The fraction of sp³-hybridized carbons (Fsp3) is 0.368. The topological polar surface area (TPSA) is 54.0 Å². The number of nitrogens with one attached hydrogen (secondary N) is 2. The first-order valence-electron chi connectivity index (χ1n) is 8.27. The highest BCUT2D eigenvalue weighted by molar-refractivity contribution is 5.91. The molecule has 1 aliphatic carbocycles. The molecule has 0 atom stereocenters. The Hall–Kier alpha value is -2.36. The Balaban J connectivity index is 1.54. The van der Waals surface area contributed by atoms with E-state index in [2.05, 4.69) is 15.6 Å². The van der Waals surface area contributed by atoms with E-state index in [-0.39, 0.29) is 5.91 Å². The average Bonchev–Trinajstić information content (AvgIpc) is 3.02. The van der Waals surface area contributed by atoms with Crippen LogP contribution in [-0.4, -0.2) is 16.9 Å². The molecule has 0 saturated heterocycles. The number of hydrogen-bond acceptors (Lipinski definition) is 3. The van der Waals surface area contributed by atoms with Crippen LogP contribution in [0, 0.1) is 6.92 Å². The lowest BCUT2D eigenvalue weighted by Crippen LogP contribution is -2.16. The number of amides is 1. The second-order valence-corrected chi connectivity index (χ2v) is 6.27. The van der Waals surface area contributed by atoms with Crippen LogP contribution in [0.25, 0.3) is 0 Å². The fourth-order valence-corrected chi connectivity index (χ4v) is 3.05. The van der Waals surface area contributed by atoms with Gasteiger partial charge < -0.3 is 10.6 Å². The van der Waals surface area contributed by atoms with Gasteiger partial charge in [-0.1, -0.05) is 42.7 Å². The van der Waals surface area contributed by atoms with Gasteiger partial charge in [0.05, 0.1) is 18.3 Å². The summed E-state index contributed by atoms with van der Waals surface area (Å²) >= 11 is 0. The smallest absolute Gasteiger partial charge is 0.229 e. The summed E-state index contributed by atoms with van der Waals surface area (Å²) < 4.78 is 0. The number of carbonyl (C=O) groups excluding carboxylic acids is 1. The van der Waals surface area contributed by atoms with Crippen molar-refractivity contribution < 1.29 is 4.79 Å². The summed E-state index contributed by atoms with van der Waals surface area (Å²) in [6.07, 6.45) is 7.23. The van der Waals surface area contributed by atoms with Crippen LogP contribution in [0.5, 0.6) is 0 Å². The van der Waals surface area contributed by atoms with E-state index < -0.39 is 0 Å². The first-order chi connectivity index (χ1) is 11.2. The van der Waals surface area contributed by atoms with E-state index in [1.54, 1.807) is 6.20 Å². The lowest BCUT2D eigenvalue weighted by Gasteiger charge is -2.13. The average molecular weight is 309 g/mol. The molecule has 1 aromatic carbocycles. The standard InChI is InChI=1S/C19H23N3O/c1-14-5-4-6-15(11-14)12-19(23)22-18-10-9-17(13-20-18)21-16-7-2-3-8-16/h4-6,9-11,13,16,21H,2-3,7-8,12H2,1H3,(H,20,22,23). The predicted octanol–water partition coefficient (Wildman–Crippen LogP) is 3.93. The van der Waals surface area contributed by atoms with E-state index in [1.807, 2.05) is 43.3 Å². The zero-order valence-electron chi connectivity index (χ0n) is 13.5. The van der Waals surface area contributed by atoms with Gasteiger partial charge in [0.25, 0.3) is 0 Å². The van der Waals surface area contributed by atoms with Gasteiger partial charge in [-0.05, 0) is 37.5 Å². The fourth-order valence-electron chi connectivity index (χ4n) is 3.05. The maximum Gasteiger partial charge on any atom is 0.229 e. The number of benzene rings is 1. The third-order valence-electron chi connectivity index (χ3n) is 4.20. The van der Waals surface area contributed by atoms with Crippen molar-refractivity contribution in [3.05, 3.63) is 53.7 Å². The first-order valence-corrected chi connectivity index (χ1v) is 8.27. The summed E-state index contributed by atoms with van der Waals surface area (Å²) in [5.74, 6) is 0.555. The number of rotatable bonds is 5. The molecule has 1 aromatic heterocycles. The van der Waals surface area contributed by atoms with Gasteiger partial charge in [0.1, 0.15) is 5.82 Å². The van der Waals surface area contributed by atoms with Crippen LogP contribution in [0.15, 0.2) is 42.6 Å². The number of aryl methyl sites for hydroxylation is 1. The Morgan fingerprint density at radius 2 is 2.04 bits per heavy atom. The van der Waals surface area contributed by atoms with Crippen LogP contribution in [-0.2, 0) is 11.2 Å². The van der Waals surface area contributed by atoms with E-state index >= 15 is 0 Å². The van der Waals surface area contributed by atoms with Gasteiger partial charge in [0, 0.05) is 6.04 Å². The Morgan fingerprint density at radius 3 is 2.74 bits per heavy atom. The molecule has 1 fully saturated rings. The molecule has 2 aromatic rings. The highest BCUT2D eigenvalue weighted by Crippen LogP contribution is 2.22. The van der Waals surface area contributed by atoms with Gasteiger partial charge in [-0.3, -0.25) is 4.79 Å². The number of hydrogen-bond donors (Lipinski definition) is 2. The van der Waals surface area contributed by atoms with Gasteiger partial charge in [-0.2, -0.15) is 0 Å². The van der Waals surface area contributed by atoms with Crippen LogP contribution in [0.4, 0.5) is 11.5 Å². The molecule has 120 valence electrons. The van der Waals surface area contributed by atoms with Crippen LogP contribution in [0.3, 0.4) is 0 Å². The SMILES string of the molecule is Cc1cccc(CC(=O)Nc2ccc(NC3CCCC3)cn2)c1. The number of anilines is 2. The normalized spacial score (nSPS) is 14.7. The van der Waals surface area contributed by atoms with Gasteiger partial charge >= 0.3 is 0 Å². The maximum atomic E-state index is 12.1.